The Labute approximate surface area is 137 Å². The lowest BCUT2D eigenvalue weighted by atomic mass is 9.92. The minimum Gasteiger partial charge on any atom is -0.373 e. The van der Waals surface area contributed by atoms with Crippen LogP contribution in [0.15, 0.2) is 18.2 Å². The summed E-state index contributed by atoms with van der Waals surface area (Å²) < 4.78 is 82.0. The van der Waals surface area contributed by atoms with Gasteiger partial charge in [-0.15, -0.1) is 0 Å². The second-order valence-electron chi connectivity index (χ2n) is 5.73. The molecule has 0 amide bonds. The molecule has 0 bridgehead atoms. The Morgan fingerprint density at radius 1 is 1.29 bits per heavy atom. The number of alkyl halides is 3. The van der Waals surface area contributed by atoms with Crippen LogP contribution in [0.4, 0.5) is 17.6 Å². The van der Waals surface area contributed by atoms with Crippen LogP contribution in [-0.4, -0.2) is 20.5 Å². The van der Waals surface area contributed by atoms with E-state index < -0.39 is 27.2 Å². The number of halogens is 4. The maximum absolute atomic E-state index is 13.9. The highest BCUT2D eigenvalue weighted by Crippen LogP contribution is 2.35. The quantitative estimate of drug-likeness (QED) is 0.440. The summed E-state index contributed by atoms with van der Waals surface area (Å²) in [5, 5.41) is 0. The molecule has 1 aromatic rings. The Bertz CT molecular complexity index is 665. The molecule has 2 atom stereocenters. The maximum atomic E-state index is 13.9. The minimum absolute atomic E-state index is 0.360. The smallest absolute Gasteiger partial charge is 0.373 e. The van der Waals surface area contributed by atoms with Crippen molar-refractivity contribution in [2.24, 2.45) is 5.92 Å². The van der Waals surface area contributed by atoms with Crippen LogP contribution in [0.2, 0.25) is 0 Å². The molecule has 24 heavy (non-hydrogen) atoms. The van der Waals surface area contributed by atoms with Gasteiger partial charge in [-0.05, 0) is 42.9 Å². The molecule has 0 spiro atoms. The van der Waals surface area contributed by atoms with Crippen LogP contribution in [0.1, 0.15) is 44.3 Å². The molecule has 1 fully saturated rings. The molecule has 0 aliphatic carbocycles. The van der Waals surface area contributed by atoms with Gasteiger partial charge in [-0.25, -0.2) is 4.39 Å². The zero-order valence-electron chi connectivity index (χ0n) is 13.0. The van der Waals surface area contributed by atoms with Crippen molar-refractivity contribution in [3.05, 3.63) is 29.6 Å². The van der Waals surface area contributed by atoms with Gasteiger partial charge in [0.2, 0.25) is 0 Å². The molecule has 0 N–H and O–H groups in total. The van der Waals surface area contributed by atoms with Crippen molar-refractivity contribution in [1.82, 2.24) is 0 Å². The molecule has 1 aliphatic heterocycles. The van der Waals surface area contributed by atoms with Gasteiger partial charge in [-0.3, -0.25) is 0 Å². The highest BCUT2D eigenvalue weighted by atomic mass is 32.2. The summed E-state index contributed by atoms with van der Waals surface area (Å²) in [7, 11) is -5.90. The molecule has 1 heterocycles. The molecule has 0 aromatic heterocycles. The van der Waals surface area contributed by atoms with E-state index in [0.29, 0.717) is 24.5 Å². The molecular weight excluding hydrogens is 352 g/mol. The zero-order chi connectivity index (χ0) is 18.0. The van der Waals surface area contributed by atoms with Crippen LogP contribution in [0.3, 0.4) is 0 Å². The number of hydrogen-bond donors (Lipinski definition) is 0. The van der Waals surface area contributed by atoms with Gasteiger partial charge in [0.15, 0.2) is 11.6 Å². The first-order chi connectivity index (χ1) is 11.1. The molecule has 0 saturated carbocycles. The van der Waals surface area contributed by atoms with Gasteiger partial charge in [-0.1, -0.05) is 19.4 Å². The van der Waals surface area contributed by atoms with E-state index >= 15 is 0 Å². The fourth-order valence-electron chi connectivity index (χ4n) is 2.66. The van der Waals surface area contributed by atoms with Gasteiger partial charge in [-0.2, -0.15) is 21.6 Å². The minimum atomic E-state index is -5.90. The van der Waals surface area contributed by atoms with Crippen molar-refractivity contribution >= 4 is 10.1 Å². The van der Waals surface area contributed by atoms with Crippen LogP contribution in [0, 0.1) is 11.7 Å². The summed E-state index contributed by atoms with van der Waals surface area (Å²) in [6.07, 6.45) is 3.32. The van der Waals surface area contributed by atoms with E-state index in [1.807, 2.05) is 0 Å². The van der Waals surface area contributed by atoms with Crippen LogP contribution in [0.25, 0.3) is 0 Å². The summed E-state index contributed by atoms with van der Waals surface area (Å²) in [6.45, 7) is 2.62. The fourth-order valence-corrected chi connectivity index (χ4v) is 3.12. The van der Waals surface area contributed by atoms with E-state index in [1.165, 1.54) is 6.07 Å². The first kappa shape index (κ1) is 19.0. The third-order valence-corrected chi connectivity index (χ3v) is 4.84. The Morgan fingerprint density at radius 2 is 2.00 bits per heavy atom. The summed E-state index contributed by atoms with van der Waals surface area (Å²) in [5.74, 6) is -1.72. The van der Waals surface area contributed by atoms with Gasteiger partial charge >= 0.3 is 15.6 Å². The van der Waals surface area contributed by atoms with Gasteiger partial charge in [0, 0.05) is 0 Å². The fraction of sp³-hybridized carbons (Fsp3) is 0.600. The lowest BCUT2D eigenvalue weighted by Crippen LogP contribution is -2.28. The standard InChI is InChI=1S/C15H18F4O4S/c1-2-3-10-4-6-13(22-9-10)11-5-7-14(12(16)8-11)23-24(20,21)15(17,18)19/h5,7-8,10,13H,2-4,6,9H2,1H3. The SMILES string of the molecule is CCCC1CCC(c2ccc(OS(=O)(=O)C(F)(F)F)c(F)c2)OC1. The molecule has 1 aromatic carbocycles. The van der Waals surface area contributed by atoms with Crippen molar-refractivity contribution in [1.29, 1.82) is 0 Å². The normalized spacial score (nSPS) is 22.4. The van der Waals surface area contributed by atoms with Crippen molar-refractivity contribution < 1.29 is 34.9 Å². The Balaban J connectivity index is 2.08. The van der Waals surface area contributed by atoms with Crippen LogP contribution < -0.4 is 4.18 Å². The second kappa shape index (κ2) is 7.26. The average Bonchev–Trinajstić information content (AvgIpc) is 2.49. The van der Waals surface area contributed by atoms with Crippen LogP contribution >= 0.6 is 0 Å². The lowest BCUT2D eigenvalue weighted by Gasteiger charge is -2.29. The third kappa shape index (κ3) is 4.38. The van der Waals surface area contributed by atoms with E-state index in [9.17, 15) is 26.0 Å². The highest BCUT2D eigenvalue weighted by molar-refractivity contribution is 7.88. The number of hydrogen-bond acceptors (Lipinski definition) is 4. The van der Waals surface area contributed by atoms with Crippen LogP contribution in [-0.2, 0) is 14.9 Å². The third-order valence-electron chi connectivity index (χ3n) is 3.88. The number of ether oxygens (including phenoxy) is 1. The van der Waals surface area contributed by atoms with Crippen LogP contribution in [0.5, 0.6) is 5.75 Å². The first-order valence-corrected chi connectivity index (χ1v) is 8.96. The monoisotopic (exact) mass is 370 g/mol. The average molecular weight is 370 g/mol. The lowest BCUT2D eigenvalue weighted by molar-refractivity contribution is -0.0501. The molecule has 2 rings (SSSR count). The van der Waals surface area contributed by atoms with Gasteiger partial charge in [0.1, 0.15) is 0 Å². The summed E-state index contributed by atoms with van der Waals surface area (Å²) in [5.41, 5.74) is -5.17. The van der Waals surface area contributed by atoms with E-state index in [4.69, 9.17) is 4.74 Å². The molecule has 0 radical (unpaired) electrons. The van der Waals surface area contributed by atoms with E-state index in [2.05, 4.69) is 11.1 Å². The number of rotatable bonds is 5. The second-order valence-corrected chi connectivity index (χ2v) is 7.26. The van der Waals surface area contributed by atoms with Crippen molar-refractivity contribution in [2.45, 2.75) is 44.2 Å². The van der Waals surface area contributed by atoms with E-state index in [-0.39, 0.29) is 6.10 Å². The molecule has 4 nitrogen and oxygen atoms in total. The van der Waals surface area contributed by atoms with Gasteiger partial charge in [0.25, 0.3) is 0 Å². The molecule has 1 aliphatic rings. The van der Waals surface area contributed by atoms with Gasteiger partial charge < -0.3 is 8.92 Å². The molecule has 9 heteroatoms. The Kier molecular flexibility index (Phi) is 5.74. The summed E-state index contributed by atoms with van der Waals surface area (Å²) >= 11 is 0. The van der Waals surface area contributed by atoms with Crippen molar-refractivity contribution in [2.75, 3.05) is 6.61 Å². The predicted molar refractivity (Wildman–Crippen MR) is 78.3 cm³/mol. The van der Waals surface area contributed by atoms with Gasteiger partial charge in [0.05, 0.1) is 12.7 Å². The van der Waals surface area contributed by atoms with E-state index in [1.54, 1.807) is 0 Å². The Hall–Kier alpha value is -1.35. The van der Waals surface area contributed by atoms with E-state index in [0.717, 1.165) is 31.4 Å². The Morgan fingerprint density at radius 3 is 2.50 bits per heavy atom. The number of benzene rings is 1. The summed E-state index contributed by atoms with van der Waals surface area (Å²) in [4.78, 5) is 0. The maximum Gasteiger partial charge on any atom is 0.534 e. The first-order valence-electron chi connectivity index (χ1n) is 7.56. The predicted octanol–water partition coefficient (Wildman–Crippen LogP) is 4.32. The van der Waals surface area contributed by atoms with Crippen molar-refractivity contribution in [3.63, 3.8) is 0 Å². The zero-order valence-corrected chi connectivity index (χ0v) is 13.8. The topological polar surface area (TPSA) is 52.6 Å². The highest BCUT2D eigenvalue weighted by Gasteiger charge is 2.48. The largest absolute Gasteiger partial charge is 0.534 e. The molecule has 136 valence electrons. The molecule has 1 saturated heterocycles. The van der Waals surface area contributed by atoms with Crippen molar-refractivity contribution in [3.8, 4) is 5.75 Å². The molecular formula is C15H18F4O4S. The molecule has 2 unspecified atom stereocenters. The summed E-state index contributed by atoms with van der Waals surface area (Å²) in [6, 6.07) is 3.14.